The number of nitrogens with two attached hydrogens (primary N) is 1. The molecule has 6 saturated heterocycles. The zero-order valence-corrected chi connectivity index (χ0v) is 64.2. The summed E-state index contributed by atoms with van der Waals surface area (Å²) in [7, 11) is 0. The molecule has 0 aliphatic carbocycles. The molecule has 32 nitrogen and oxygen atoms in total. The molecule has 2 aromatic rings. The van der Waals surface area contributed by atoms with Crippen molar-refractivity contribution in [1.82, 2.24) is 65.8 Å². The van der Waals surface area contributed by atoms with E-state index >= 15 is 0 Å². The molecule has 104 heavy (non-hydrogen) atoms. The third-order valence-electron chi connectivity index (χ3n) is 19.6. The normalized spacial score (nSPS) is 27.2. The molecular weight excluding hydrogens is 1490 g/mol. The van der Waals surface area contributed by atoms with Gasteiger partial charge >= 0.3 is 209 Å². The van der Waals surface area contributed by atoms with Gasteiger partial charge in [0.05, 0.1) is 6.10 Å². The summed E-state index contributed by atoms with van der Waals surface area (Å²) in [6, 6.07) is 5.22. The first kappa shape index (κ1) is 81.0. The Balaban J connectivity index is 0.953. The molecule has 10 atom stereocenters. The number of hydrogen-bond donors (Lipinski definition) is 8. The Kier molecular flexibility index (Phi) is 31.1. The number of nitrogens with one attached hydrogen (secondary N) is 5. The van der Waals surface area contributed by atoms with E-state index in [-0.39, 0.29) is 100 Å². The second kappa shape index (κ2) is 40.0. The Morgan fingerprint density at radius 3 is 1.74 bits per heavy atom. The fraction of sp³-hybridized carbons (Fsp3) is 0.638. The molecular formula is C69H99InN14O18S2. The van der Waals surface area contributed by atoms with Gasteiger partial charge < -0.3 is 52.3 Å². The van der Waals surface area contributed by atoms with Gasteiger partial charge in [-0.3, -0.25) is 43.3 Å². The number of unbranched alkanes of at least 4 members (excludes halogenated alkanes) is 2. The first-order valence-corrected chi connectivity index (χ1v) is 42.4. The molecule has 6 fully saturated rings. The molecule has 9 rings (SSSR count). The molecule has 568 valence electrons. The third-order valence-corrected chi connectivity index (χ3v) is 25.7. The number of carboxylic acids is 1. The molecule has 7 aliphatic rings. The molecule has 2 aromatic carbocycles. The van der Waals surface area contributed by atoms with Gasteiger partial charge in [0.25, 0.3) is 0 Å². The van der Waals surface area contributed by atoms with E-state index in [0.29, 0.717) is 116 Å². The second-order valence-corrected chi connectivity index (χ2v) is 33.3. The van der Waals surface area contributed by atoms with Gasteiger partial charge in [0, 0.05) is 61.9 Å². The molecule has 6 bridgehead atoms. The first-order valence-electron chi connectivity index (χ1n) is 36.1. The van der Waals surface area contributed by atoms with Crippen LogP contribution in [0.15, 0.2) is 48.5 Å². The average Bonchev–Trinajstić information content (AvgIpc) is 1.61. The van der Waals surface area contributed by atoms with Crippen LogP contribution >= 0.6 is 23.5 Å². The zero-order chi connectivity index (χ0) is 74.4. The Bertz CT molecular complexity index is 3360. The number of aliphatic hydroxyl groups excluding tert-OH is 1. The molecule has 7 aliphatic heterocycles. The molecule has 0 saturated carbocycles. The smallest absolute Gasteiger partial charge is 0.480 e. The average molecular weight is 1590 g/mol. The monoisotopic (exact) mass is 1590 g/mol. The minimum atomic E-state index is -4.32. The van der Waals surface area contributed by atoms with Gasteiger partial charge in [-0.05, 0) is 67.7 Å². The van der Waals surface area contributed by atoms with Gasteiger partial charge in [-0.2, -0.15) is 23.5 Å². The number of hydrogen-bond acceptors (Lipinski definition) is 24. The number of thioether (sulfide) groups is 2. The van der Waals surface area contributed by atoms with Crippen molar-refractivity contribution in [1.29, 1.82) is 0 Å². The fourth-order valence-corrected chi connectivity index (χ4v) is 18.7. The summed E-state index contributed by atoms with van der Waals surface area (Å²) in [6.45, 7) is 9.21. The number of carbonyl (C=O) groups is 13. The van der Waals surface area contributed by atoms with Crippen LogP contribution < -0.4 is 32.3 Å². The van der Waals surface area contributed by atoms with Crippen molar-refractivity contribution < 1.29 is 81.1 Å². The molecule has 35 heteroatoms. The predicted molar refractivity (Wildman–Crippen MR) is 382 cm³/mol. The summed E-state index contributed by atoms with van der Waals surface area (Å²) in [5.74, 6) is -8.54. The van der Waals surface area contributed by atoms with E-state index in [1.165, 1.54) is 40.2 Å². The number of piperazine rings is 1. The number of carbonyl (C=O) groups excluding carboxylic acids is 12. The number of amides is 9. The van der Waals surface area contributed by atoms with Crippen LogP contribution in [-0.4, -0.2) is 327 Å². The molecule has 9 N–H and O–H groups in total. The van der Waals surface area contributed by atoms with Gasteiger partial charge in [-0.25, -0.2) is 4.79 Å². The molecule has 9 amide bonds. The van der Waals surface area contributed by atoms with Gasteiger partial charge in [0.1, 0.15) is 42.3 Å². The van der Waals surface area contributed by atoms with E-state index in [1.807, 2.05) is 43.6 Å². The number of rotatable bonds is 16. The number of aliphatic hydroxyl groups is 1. The summed E-state index contributed by atoms with van der Waals surface area (Å²) in [5, 5.41) is 35.0. The van der Waals surface area contributed by atoms with Crippen molar-refractivity contribution in [3.63, 3.8) is 0 Å². The van der Waals surface area contributed by atoms with Crippen LogP contribution in [0.5, 0.6) is 0 Å². The zero-order valence-electron chi connectivity index (χ0n) is 59.3. The number of carboxylic acid groups (broad SMARTS) is 1. The Morgan fingerprint density at radius 2 is 1.16 bits per heavy atom. The SMILES string of the molecule is CCCCCC(=O)N[C@H]1CSCc2cc(cc(CN3CCN(C(=O)CN4CCN5CCN6CCN(CC4)CC(=O)[O][In]([O]C(=O)C6)[O]C(=O)C5)CC3)c2)CSC[C@@H](C(=O)O)NC(=O)[C@H](Cc2ccccc2)NC(=O)[C@H](CCC(N)=O)NC(=O)[C@H]([C@@H](C)O)NC(=O)[C@@H]2CCCN2C(=O)[C@@H]2CCCN2C1=O. The second-order valence-electron chi connectivity index (χ2n) is 27.6. The number of nitrogens with zero attached hydrogens (tertiary/aromatic N) is 8. The summed E-state index contributed by atoms with van der Waals surface area (Å²) in [4.78, 5) is 195. The van der Waals surface area contributed by atoms with Crippen molar-refractivity contribution in [2.45, 2.75) is 151 Å². The van der Waals surface area contributed by atoms with Gasteiger partial charge in [0.2, 0.25) is 47.3 Å². The van der Waals surface area contributed by atoms with E-state index < -0.39 is 143 Å². The van der Waals surface area contributed by atoms with Crippen LogP contribution in [0.2, 0.25) is 0 Å². The third kappa shape index (κ3) is 24.5. The summed E-state index contributed by atoms with van der Waals surface area (Å²) in [5.41, 5.74) is 8.67. The maximum absolute atomic E-state index is 15.0. The standard InChI is InChI=1S/C69H102N14O18S2.In/c1-3-4-6-15-57(86)71-52-43-102-41-48-32-47(36-76-28-30-81(31-29-76)58(87)37-77-20-22-78(38-59(88)89)24-26-80(40-61(92)93)27-25-79(23-21-77)39-60(90)91)33-49(34-48)42-103-44-53(69(100)101)74-64(95)51(35-46-11-7-5-8-12-46)73-63(94)50(16-17-56(70)85)72-66(97)62(45(2)84)75-65(96)54-13-9-18-82(54)68(99)55-14-10-19-83(55)67(52)98;/h5,7-8,11-12,32-34,45,50-55,62,84H,3-4,6,9-10,13-31,35-44H2,1-2H3,(H2,70,85)(H,71,86)(H,72,97)(H,73,94)(H,74,95)(H,75,96)(H,88,89)(H,90,91)(H,92,93)(H,100,101);/q;+3/p-3/t45-,50+,51+,52+,53+,54+,55+,62+;/m1./s1. The van der Waals surface area contributed by atoms with Crippen LogP contribution in [-0.2, 0) is 95.4 Å². The van der Waals surface area contributed by atoms with Crippen molar-refractivity contribution in [3.8, 4) is 0 Å². The van der Waals surface area contributed by atoms with Crippen molar-refractivity contribution in [2.75, 3.05) is 129 Å². The van der Waals surface area contributed by atoms with Crippen LogP contribution in [0.3, 0.4) is 0 Å². The summed E-state index contributed by atoms with van der Waals surface area (Å²) < 4.78 is 16.5. The molecule has 7 heterocycles. The first-order chi connectivity index (χ1) is 49.9. The quantitative estimate of drug-likeness (QED) is 0.0815. The number of benzene rings is 2. The summed E-state index contributed by atoms with van der Waals surface area (Å²) in [6.07, 6.45) is 1.21. The van der Waals surface area contributed by atoms with Gasteiger partial charge in [0.15, 0.2) is 0 Å². The van der Waals surface area contributed by atoms with E-state index in [9.17, 15) is 72.5 Å². The van der Waals surface area contributed by atoms with Crippen LogP contribution in [0.1, 0.15) is 100 Å². The van der Waals surface area contributed by atoms with Crippen LogP contribution in [0, 0.1) is 0 Å². The maximum atomic E-state index is 15.0. The minimum Gasteiger partial charge on any atom is -0.480 e. The number of aliphatic carboxylic acids is 1. The van der Waals surface area contributed by atoms with E-state index in [2.05, 4.69) is 37.6 Å². The van der Waals surface area contributed by atoms with E-state index in [0.717, 1.165) is 29.5 Å². The van der Waals surface area contributed by atoms with Gasteiger partial charge in [-0.1, -0.05) is 68.3 Å². The van der Waals surface area contributed by atoms with Crippen LogP contribution in [0.25, 0.3) is 0 Å². The molecule has 2 unspecified atom stereocenters. The predicted octanol–water partition coefficient (Wildman–Crippen LogP) is -2.37. The van der Waals surface area contributed by atoms with Crippen LogP contribution in [0.4, 0.5) is 0 Å². The van der Waals surface area contributed by atoms with E-state index in [4.69, 9.17) is 14.3 Å². The summed E-state index contributed by atoms with van der Waals surface area (Å²) >= 11 is -1.68. The Hall–Kier alpha value is -7.12. The topological polar surface area (TPSA) is 402 Å². The molecule has 0 aromatic heterocycles. The van der Waals surface area contributed by atoms with Crippen molar-refractivity contribution in [3.05, 3.63) is 70.8 Å². The number of primary amides is 1. The Labute approximate surface area is 623 Å². The molecule has 0 spiro atoms. The van der Waals surface area contributed by atoms with Gasteiger partial charge in [-0.15, -0.1) is 0 Å². The number of fused-ring (bicyclic) bond motifs is 11. The minimum absolute atomic E-state index is 0.0372. The van der Waals surface area contributed by atoms with Crippen molar-refractivity contribution in [2.24, 2.45) is 5.73 Å². The molecule has 0 radical (unpaired) electrons. The van der Waals surface area contributed by atoms with E-state index in [1.54, 1.807) is 30.3 Å². The fourth-order valence-electron chi connectivity index (χ4n) is 13.9. The van der Waals surface area contributed by atoms with Crippen molar-refractivity contribution >= 4 is 123 Å². The Morgan fingerprint density at radius 1 is 0.615 bits per heavy atom.